The second kappa shape index (κ2) is 6.36. The van der Waals surface area contributed by atoms with Crippen molar-refractivity contribution in [2.45, 2.75) is 26.8 Å². The van der Waals surface area contributed by atoms with E-state index in [2.05, 4.69) is 21.2 Å². The lowest BCUT2D eigenvalue weighted by molar-refractivity contribution is -0.138. The Kier molecular flexibility index (Phi) is 4.71. The average molecular weight is 365 g/mol. The lowest BCUT2D eigenvalue weighted by Gasteiger charge is -2.12. The number of nitrogens with zero attached hydrogens (tertiary/aromatic N) is 1. The Morgan fingerprint density at radius 1 is 1.27 bits per heavy atom. The van der Waals surface area contributed by atoms with Crippen LogP contribution in [-0.4, -0.2) is 27.6 Å². The third-order valence-electron chi connectivity index (χ3n) is 3.49. The van der Waals surface area contributed by atoms with Gasteiger partial charge in [0.25, 0.3) is 5.91 Å². The zero-order valence-corrected chi connectivity index (χ0v) is 14.1. The van der Waals surface area contributed by atoms with Crippen LogP contribution in [0.15, 0.2) is 34.8 Å². The highest BCUT2D eigenvalue weighted by Gasteiger charge is 2.21. The van der Waals surface area contributed by atoms with Crippen molar-refractivity contribution in [3.8, 4) is 5.69 Å². The molecule has 0 saturated carbocycles. The van der Waals surface area contributed by atoms with Crippen LogP contribution in [0.1, 0.15) is 28.7 Å². The summed E-state index contributed by atoms with van der Waals surface area (Å²) in [4.78, 5) is 23.1. The molecule has 0 spiro atoms. The first-order valence-electron chi connectivity index (χ1n) is 6.80. The van der Waals surface area contributed by atoms with E-state index < -0.39 is 12.0 Å². The molecular formula is C16H17BrN2O3. The fourth-order valence-electron chi connectivity index (χ4n) is 2.33. The number of carbonyl (C=O) groups is 2. The molecular weight excluding hydrogens is 348 g/mol. The second-order valence-electron chi connectivity index (χ2n) is 5.11. The third kappa shape index (κ3) is 3.06. The van der Waals surface area contributed by atoms with Gasteiger partial charge in [-0.25, -0.2) is 0 Å². The van der Waals surface area contributed by atoms with Crippen molar-refractivity contribution in [2.24, 2.45) is 0 Å². The van der Waals surface area contributed by atoms with Gasteiger partial charge < -0.3 is 15.0 Å². The van der Waals surface area contributed by atoms with Crippen LogP contribution < -0.4 is 5.32 Å². The number of para-hydroxylation sites is 1. The predicted octanol–water partition coefficient (Wildman–Crippen LogP) is 3.06. The zero-order chi connectivity index (χ0) is 16.4. The molecule has 0 bridgehead atoms. The molecule has 1 amide bonds. The number of rotatable bonds is 4. The van der Waals surface area contributed by atoms with Crippen molar-refractivity contribution in [1.29, 1.82) is 0 Å². The Balaban J connectivity index is 2.42. The fraction of sp³-hybridized carbons (Fsp3) is 0.250. The molecule has 0 radical (unpaired) electrons. The molecule has 1 aromatic heterocycles. The van der Waals surface area contributed by atoms with E-state index in [9.17, 15) is 9.59 Å². The minimum Gasteiger partial charge on any atom is -0.480 e. The molecule has 2 aromatic rings. The number of hydrogen-bond donors (Lipinski definition) is 2. The van der Waals surface area contributed by atoms with E-state index in [0.29, 0.717) is 5.56 Å². The second-order valence-corrected chi connectivity index (χ2v) is 5.96. The monoisotopic (exact) mass is 364 g/mol. The summed E-state index contributed by atoms with van der Waals surface area (Å²) in [5.41, 5.74) is 3.07. The van der Waals surface area contributed by atoms with Crippen LogP contribution in [0.3, 0.4) is 0 Å². The van der Waals surface area contributed by atoms with Crippen LogP contribution in [-0.2, 0) is 4.79 Å². The van der Waals surface area contributed by atoms with Gasteiger partial charge in [0, 0.05) is 15.9 Å². The lowest BCUT2D eigenvalue weighted by Crippen LogP contribution is -2.38. The topological polar surface area (TPSA) is 71.3 Å². The van der Waals surface area contributed by atoms with E-state index in [-0.39, 0.29) is 5.91 Å². The molecule has 0 saturated heterocycles. The maximum Gasteiger partial charge on any atom is 0.325 e. The maximum absolute atomic E-state index is 12.3. The summed E-state index contributed by atoms with van der Waals surface area (Å²) in [5.74, 6) is -1.45. The van der Waals surface area contributed by atoms with E-state index >= 15 is 0 Å². The van der Waals surface area contributed by atoms with Gasteiger partial charge in [0.2, 0.25) is 0 Å². The maximum atomic E-state index is 12.3. The van der Waals surface area contributed by atoms with Crippen molar-refractivity contribution < 1.29 is 14.7 Å². The van der Waals surface area contributed by atoms with Gasteiger partial charge in [0.1, 0.15) is 6.04 Å². The Labute approximate surface area is 137 Å². The summed E-state index contributed by atoms with van der Waals surface area (Å²) in [5, 5.41) is 11.4. The molecule has 1 atom stereocenters. The van der Waals surface area contributed by atoms with Gasteiger partial charge in [0.15, 0.2) is 0 Å². The van der Waals surface area contributed by atoms with Crippen LogP contribution in [0.4, 0.5) is 0 Å². The lowest BCUT2D eigenvalue weighted by atomic mass is 10.2. The van der Waals surface area contributed by atoms with Gasteiger partial charge in [-0.3, -0.25) is 9.59 Å². The number of aliphatic carboxylic acids is 1. The number of amides is 1. The molecule has 5 nitrogen and oxygen atoms in total. The first kappa shape index (κ1) is 16.3. The third-order valence-corrected chi connectivity index (χ3v) is 4.16. The van der Waals surface area contributed by atoms with E-state index in [1.807, 2.05) is 42.7 Å². The van der Waals surface area contributed by atoms with Crippen molar-refractivity contribution in [3.63, 3.8) is 0 Å². The Hall–Kier alpha value is -2.08. The predicted molar refractivity (Wildman–Crippen MR) is 87.5 cm³/mol. The van der Waals surface area contributed by atoms with Gasteiger partial charge in [-0.15, -0.1) is 0 Å². The standard InChI is InChI=1S/C16H17BrN2O3/c1-9-8-12(15(20)18-10(2)16(21)22)11(3)19(9)14-7-5-4-6-13(14)17/h4-8,10H,1-3H3,(H,18,20)(H,21,22). The smallest absolute Gasteiger partial charge is 0.325 e. The summed E-state index contributed by atoms with van der Waals surface area (Å²) in [7, 11) is 0. The minimum atomic E-state index is -1.06. The van der Waals surface area contributed by atoms with Crippen LogP contribution in [0, 0.1) is 13.8 Å². The molecule has 2 rings (SSSR count). The SMILES string of the molecule is Cc1cc(C(=O)NC(C)C(=O)O)c(C)n1-c1ccccc1Br. The molecule has 0 aliphatic heterocycles. The van der Waals surface area contributed by atoms with Crippen molar-refractivity contribution in [1.82, 2.24) is 9.88 Å². The summed E-state index contributed by atoms with van der Waals surface area (Å²) in [6, 6.07) is 8.55. The highest BCUT2D eigenvalue weighted by Crippen LogP contribution is 2.26. The Bertz CT molecular complexity index is 737. The van der Waals surface area contributed by atoms with Gasteiger partial charge >= 0.3 is 5.97 Å². The molecule has 0 fully saturated rings. The van der Waals surface area contributed by atoms with Crippen LogP contribution >= 0.6 is 15.9 Å². The van der Waals surface area contributed by atoms with Crippen molar-refractivity contribution >= 4 is 27.8 Å². The highest BCUT2D eigenvalue weighted by molar-refractivity contribution is 9.10. The van der Waals surface area contributed by atoms with Gasteiger partial charge in [-0.2, -0.15) is 0 Å². The number of halogens is 1. The highest BCUT2D eigenvalue weighted by atomic mass is 79.9. The number of carboxylic acid groups (broad SMARTS) is 1. The van der Waals surface area contributed by atoms with E-state index in [4.69, 9.17) is 5.11 Å². The normalized spacial score (nSPS) is 12.0. The van der Waals surface area contributed by atoms with E-state index in [1.165, 1.54) is 6.92 Å². The summed E-state index contributed by atoms with van der Waals surface area (Å²) in [6.45, 7) is 5.18. The number of carbonyl (C=O) groups excluding carboxylic acids is 1. The Morgan fingerprint density at radius 3 is 2.50 bits per heavy atom. The number of hydrogen-bond acceptors (Lipinski definition) is 2. The molecule has 116 valence electrons. The number of aryl methyl sites for hydroxylation is 1. The molecule has 0 aliphatic rings. The molecule has 22 heavy (non-hydrogen) atoms. The molecule has 1 unspecified atom stereocenters. The largest absolute Gasteiger partial charge is 0.480 e. The van der Waals surface area contributed by atoms with Crippen molar-refractivity contribution in [3.05, 3.63) is 51.8 Å². The van der Waals surface area contributed by atoms with Crippen LogP contribution in [0.5, 0.6) is 0 Å². The quantitative estimate of drug-likeness (QED) is 0.875. The summed E-state index contributed by atoms with van der Waals surface area (Å²) >= 11 is 3.51. The molecule has 1 heterocycles. The molecule has 0 aliphatic carbocycles. The number of aromatic nitrogens is 1. The van der Waals surface area contributed by atoms with E-state index in [1.54, 1.807) is 6.07 Å². The minimum absolute atomic E-state index is 0.388. The number of benzene rings is 1. The number of nitrogens with one attached hydrogen (secondary N) is 1. The zero-order valence-electron chi connectivity index (χ0n) is 12.6. The Morgan fingerprint density at radius 2 is 1.91 bits per heavy atom. The summed E-state index contributed by atoms with van der Waals surface area (Å²) < 4.78 is 2.88. The number of carboxylic acids is 1. The first-order valence-corrected chi connectivity index (χ1v) is 7.59. The summed E-state index contributed by atoms with van der Waals surface area (Å²) in [6.07, 6.45) is 0. The molecule has 2 N–H and O–H groups in total. The average Bonchev–Trinajstić information content (AvgIpc) is 2.75. The van der Waals surface area contributed by atoms with Gasteiger partial charge in [-0.05, 0) is 54.9 Å². The van der Waals surface area contributed by atoms with Crippen molar-refractivity contribution in [2.75, 3.05) is 0 Å². The van der Waals surface area contributed by atoms with Gasteiger partial charge in [0.05, 0.1) is 11.3 Å². The van der Waals surface area contributed by atoms with Crippen LogP contribution in [0.2, 0.25) is 0 Å². The molecule has 1 aromatic carbocycles. The first-order chi connectivity index (χ1) is 10.3. The van der Waals surface area contributed by atoms with E-state index in [0.717, 1.165) is 21.5 Å². The fourth-order valence-corrected chi connectivity index (χ4v) is 2.79. The molecule has 6 heteroatoms. The van der Waals surface area contributed by atoms with Gasteiger partial charge in [-0.1, -0.05) is 12.1 Å². The van der Waals surface area contributed by atoms with Crippen LogP contribution in [0.25, 0.3) is 5.69 Å².